The first-order valence-electron chi connectivity index (χ1n) is 18.7. The summed E-state index contributed by atoms with van der Waals surface area (Å²) in [5.74, 6) is -1.99. The van der Waals surface area contributed by atoms with E-state index in [1.54, 1.807) is 6.92 Å². The number of allylic oxidation sites excluding steroid dienone is 1. The minimum absolute atomic E-state index is 0.0146. The van der Waals surface area contributed by atoms with Crippen molar-refractivity contribution in [2.24, 2.45) is 17.8 Å². The van der Waals surface area contributed by atoms with Gasteiger partial charge in [-0.05, 0) is 62.3 Å². The molecule has 0 aliphatic heterocycles. The van der Waals surface area contributed by atoms with E-state index in [0.29, 0.717) is 63.7 Å². The predicted molar refractivity (Wildman–Crippen MR) is 203 cm³/mol. The Morgan fingerprint density at radius 3 is 2.02 bits per heavy atom. The standard InChI is InChI=1S/C39H66N6O6/c1-10-16-32(44-39(51)35(27(7)11-2)42-28(8)17-15-20-33(46)47)37(49)43-31(23-25(3)4)24-41-29(9)36(48)45-34(26(5)6)38(50)40-22-21-30-18-13-12-14-19-30/h12-14,18-19,25-27,29,31-32,34-35,41-42H,8,10-11,15-17,20-24H2,1-7,9H3,(H,40,50)(H,43,49)(H,44,51)(H,45,48)(H,46,47)/t27-,29-,31?,32-,34?,35?/m0/s1. The lowest BCUT2D eigenvalue weighted by Gasteiger charge is -2.29. The topological polar surface area (TPSA) is 178 Å². The summed E-state index contributed by atoms with van der Waals surface area (Å²) in [7, 11) is 0. The zero-order valence-corrected chi connectivity index (χ0v) is 32.3. The van der Waals surface area contributed by atoms with Crippen LogP contribution in [0.2, 0.25) is 0 Å². The minimum atomic E-state index is -0.884. The van der Waals surface area contributed by atoms with Gasteiger partial charge in [-0.1, -0.05) is 98.2 Å². The smallest absolute Gasteiger partial charge is 0.303 e. The quantitative estimate of drug-likeness (QED) is 0.0752. The summed E-state index contributed by atoms with van der Waals surface area (Å²) < 4.78 is 0. The predicted octanol–water partition coefficient (Wildman–Crippen LogP) is 4.05. The fraction of sp³-hybridized carbons (Fsp3) is 0.667. The van der Waals surface area contributed by atoms with Crippen molar-refractivity contribution in [2.45, 2.75) is 137 Å². The van der Waals surface area contributed by atoms with Gasteiger partial charge in [0.2, 0.25) is 23.6 Å². The zero-order valence-electron chi connectivity index (χ0n) is 32.3. The van der Waals surface area contributed by atoms with Crippen LogP contribution in [0.1, 0.15) is 106 Å². The Labute approximate surface area is 306 Å². The number of rotatable bonds is 26. The first kappa shape index (κ1) is 45.1. The Kier molecular flexibility index (Phi) is 21.5. The van der Waals surface area contributed by atoms with Gasteiger partial charge in [-0.3, -0.25) is 24.0 Å². The van der Waals surface area contributed by atoms with E-state index in [4.69, 9.17) is 5.11 Å². The molecule has 0 saturated carbocycles. The molecule has 7 N–H and O–H groups in total. The van der Waals surface area contributed by atoms with Gasteiger partial charge in [-0.2, -0.15) is 0 Å². The summed E-state index contributed by atoms with van der Waals surface area (Å²) in [4.78, 5) is 64.3. The average Bonchev–Trinajstić information content (AvgIpc) is 3.07. The lowest BCUT2D eigenvalue weighted by molar-refractivity contribution is -0.137. The summed E-state index contributed by atoms with van der Waals surface area (Å²) in [6, 6.07) is 6.83. The first-order valence-corrected chi connectivity index (χ1v) is 18.7. The molecule has 12 heteroatoms. The van der Waals surface area contributed by atoms with Crippen LogP contribution in [0.15, 0.2) is 42.6 Å². The van der Waals surface area contributed by atoms with Crippen LogP contribution in [-0.4, -0.2) is 78.0 Å². The maximum absolute atomic E-state index is 13.6. The number of carboxylic acid groups (broad SMARTS) is 1. The maximum atomic E-state index is 13.6. The molecule has 1 aromatic rings. The third kappa shape index (κ3) is 18.2. The van der Waals surface area contributed by atoms with Gasteiger partial charge in [-0.25, -0.2) is 0 Å². The van der Waals surface area contributed by atoms with Crippen molar-refractivity contribution in [3.8, 4) is 0 Å². The second-order valence-electron chi connectivity index (χ2n) is 14.4. The number of aliphatic carboxylic acids is 1. The molecular weight excluding hydrogens is 648 g/mol. The zero-order chi connectivity index (χ0) is 38.5. The van der Waals surface area contributed by atoms with Gasteiger partial charge in [0.1, 0.15) is 18.1 Å². The molecule has 0 heterocycles. The van der Waals surface area contributed by atoms with E-state index in [1.807, 2.05) is 65.0 Å². The molecule has 6 atom stereocenters. The van der Waals surface area contributed by atoms with Crippen LogP contribution >= 0.6 is 0 Å². The molecule has 0 radical (unpaired) electrons. The molecule has 0 spiro atoms. The molecule has 51 heavy (non-hydrogen) atoms. The Balaban J connectivity index is 2.86. The van der Waals surface area contributed by atoms with Crippen molar-refractivity contribution in [1.29, 1.82) is 0 Å². The van der Waals surface area contributed by atoms with Crippen LogP contribution in [0.25, 0.3) is 0 Å². The molecular formula is C39H66N6O6. The highest BCUT2D eigenvalue weighted by molar-refractivity contribution is 5.91. The highest BCUT2D eigenvalue weighted by Crippen LogP contribution is 2.14. The summed E-state index contributed by atoms with van der Waals surface area (Å²) in [6.07, 6.45) is 4.00. The Morgan fingerprint density at radius 1 is 0.784 bits per heavy atom. The Bertz CT molecular complexity index is 1240. The van der Waals surface area contributed by atoms with Gasteiger partial charge in [0.05, 0.1) is 6.04 Å². The molecule has 3 unspecified atom stereocenters. The summed E-state index contributed by atoms with van der Waals surface area (Å²) >= 11 is 0. The second-order valence-corrected chi connectivity index (χ2v) is 14.4. The number of hydrogen-bond donors (Lipinski definition) is 7. The second kappa shape index (κ2) is 24.3. The molecule has 4 amide bonds. The van der Waals surface area contributed by atoms with Crippen molar-refractivity contribution in [2.75, 3.05) is 13.1 Å². The molecule has 0 aliphatic carbocycles. The van der Waals surface area contributed by atoms with E-state index < -0.39 is 30.1 Å². The molecule has 1 aromatic carbocycles. The third-order valence-corrected chi connectivity index (χ3v) is 8.90. The highest BCUT2D eigenvalue weighted by atomic mass is 16.4. The molecule has 0 saturated heterocycles. The number of benzene rings is 1. The van der Waals surface area contributed by atoms with Crippen molar-refractivity contribution >= 4 is 29.6 Å². The van der Waals surface area contributed by atoms with Gasteiger partial charge in [-0.15, -0.1) is 0 Å². The molecule has 12 nitrogen and oxygen atoms in total. The molecule has 1 rings (SSSR count). The van der Waals surface area contributed by atoms with Gasteiger partial charge >= 0.3 is 5.97 Å². The van der Waals surface area contributed by atoms with Crippen LogP contribution < -0.4 is 31.9 Å². The van der Waals surface area contributed by atoms with E-state index >= 15 is 0 Å². The van der Waals surface area contributed by atoms with Gasteiger partial charge in [0.25, 0.3) is 0 Å². The van der Waals surface area contributed by atoms with E-state index in [0.717, 1.165) is 5.56 Å². The fourth-order valence-electron chi connectivity index (χ4n) is 5.64. The monoisotopic (exact) mass is 715 g/mol. The average molecular weight is 715 g/mol. The van der Waals surface area contributed by atoms with Crippen molar-refractivity contribution in [3.05, 3.63) is 48.2 Å². The molecule has 0 aliphatic rings. The SMILES string of the molecule is C=C(CCCC(=O)O)NC(C(=O)N[C@@H](CCC)C(=O)NC(CN[C@@H](C)C(=O)NC(C(=O)NCCc1ccccc1)C(C)C)CC(C)C)[C@@H](C)CC. The number of nitrogens with one attached hydrogen (secondary N) is 6. The Morgan fingerprint density at radius 2 is 1.45 bits per heavy atom. The lowest BCUT2D eigenvalue weighted by atomic mass is 9.96. The van der Waals surface area contributed by atoms with Crippen LogP contribution in [-0.2, 0) is 30.4 Å². The lowest BCUT2D eigenvalue weighted by Crippen LogP contribution is -2.57. The number of amides is 4. The van der Waals surface area contributed by atoms with E-state index in [9.17, 15) is 24.0 Å². The number of carboxylic acids is 1. The number of carbonyl (C=O) groups is 5. The van der Waals surface area contributed by atoms with Crippen LogP contribution in [0, 0.1) is 17.8 Å². The molecule has 288 valence electrons. The summed E-state index contributed by atoms with van der Waals surface area (Å²) in [5.41, 5.74) is 1.70. The summed E-state index contributed by atoms with van der Waals surface area (Å²) in [6.45, 7) is 20.2. The fourth-order valence-corrected chi connectivity index (χ4v) is 5.64. The van der Waals surface area contributed by atoms with Gasteiger partial charge in [0.15, 0.2) is 0 Å². The van der Waals surface area contributed by atoms with E-state index in [1.165, 1.54) is 0 Å². The first-order chi connectivity index (χ1) is 24.1. The van der Waals surface area contributed by atoms with Crippen molar-refractivity contribution in [1.82, 2.24) is 31.9 Å². The normalized spacial score (nSPS) is 14.8. The molecule has 0 aromatic heterocycles. The van der Waals surface area contributed by atoms with Crippen LogP contribution in [0.4, 0.5) is 0 Å². The number of hydrogen-bond acceptors (Lipinski definition) is 7. The van der Waals surface area contributed by atoms with E-state index in [2.05, 4.69) is 52.3 Å². The molecule has 0 fully saturated rings. The van der Waals surface area contributed by atoms with Crippen LogP contribution in [0.5, 0.6) is 0 Å². The molecule has 0 bridgehead atoms. The minimum Gasteiger partial charge on any atom is -0.481 e. The van der Waals surface area contributed by atoms with Crippen molar-refractivity contribution in [3.63, 3.8) is 0 Å². The maximum Gasteiger partial charge on any atom is 0.303 e. The van der Waals surface area contributed by atoms with E-state index in [-0.39, 0.29) is 53.8 Å². The highest BCUT2D eigenvalue weighted by Gasteiger charge is 2.30. The summed E-state index contributed by atoms with van der Waals surface area (Å²) in [5, 5.41) is 27.3. The van der Waals surface area contributed by atoms with Crippen molar-refractivity contribution < 1.29 is 29.1 Å². The van der Waals surface area contributed by atoms with Gasteiger partial charge in [0, 0.05) is 31.2 Å². The third-order valence-electron chi connectivity index (χ3n) is 8.90. The van der Waals surface area contributed by atoms with Gasteiger partial charge < -0.3 is 37.0 Å². The van der Waals surface area contributed by atoms with Crippen LogP contribution in [0.3, 0.4) is 0 Å². The largest absolute Gasteiger partial charge is 0.481 e. The Hall–Kier alpha value is -3.93. The number of carbonyl (C=O) groups excluding carboxylic acids is 4.